The molecular weight excluding hydrogens is 410 g/mol. The summed E-state index contributed by atoms with van der Waals surface area (Å²) in [6.07, 6.45) is 8.15. The van der Waals surface area contributed by atoms with Crippen molar-refractivity contribution in [3.63, 3.8) is 0 Å². The summed E-state index contributed by atoms with van der Waals surface area (Å²) >= 11 is 0. The molecule has 0 aromatic carbocycles. The van der Waals surface area contributed by atoms with Gasteiger partial charge in [0.25, 0.3) is 0 Å². The first-order chi connectivity index (χ1) is 15.5. The maximum absolute atomic E-state index is 12.7. The quantitative estimate of drug-likeness (QED) is 0.588. The fourth-order valence-corrected chi connectivity index (χ4v) is 6.14. The first kappa shape index (κ1) is 23.3. The zero-order valence-corrected chi connectivity index (χ0v) is 19.3. The van der Waals surface area contributed by atoms with E-state index in [1.54, 1.807) is 16.9 Å². The Labute approximate surface area is 191 Å². The highest BCUT2D eigenvalue weighted by molar-refractivity contribution is 5.79. The van der Waals surface area contributed by atoms with Crippen LogP contribution in [0, 0.1) is 11.3 Å². The van der Waals surface area contributed by atoms with Crippen LogP contribution in [0.2, 0.25) is 0 Å². The number of likely N-dealkylation sites (tertiary alicyclic amines) is 1. The van der Waals surface area contributed by atoms with Crippen molar-refractivity contribution in [3.8, 4) is 6.07 Å². The predicted molar refractivity (Wildman–Crippen MR) is 118 cm³/mol. The van der Waals surface area contributed by atoms with Crippen molar-refractivity contribution in [2.24, 2.45) is 0 Å². The largest absolute Gasteiger partial charge is 0.447 e. The smallest absolute Gasteiger partial charge is 0.409 e. The molecule has 0 unspecified atom stereocenters. The number of ether oxygens (including phenoxy) is 2. The highest BCUT2D eigenvalue weighted by Crippen LogP contribution is 2.50. The first-order valence-corrected chi connectivity index (χ1v) is 12.1. The maximum Gasteiger partial charge on any atom is 0.409 e. The SMILES string of the molecule is COCCOC(=O)N1CCN(C23CCC(NCC(=O)N4CCC[C@H]4C#N)(CC2)CC3)CC1. The monoisotopic (exact) mass is 447 g/mol. The number of piperazine rings is 1. The highest BCUT2D eigenvalue weighted by Gasteiger charge is 2.51. The number of rotatable bonds is 7. The molecule has 0 radical (unpaired) electrons. The van der Waals surface area contributed by atoms with E-state index in [0.717, 1.165) is 64.5 Å². The van der Waals surface area contributed by atoms with Gasteiger partial charge in [-0.1, -0.05) is 0 Å². The van der Waals surface area contributed by atoms with Gasteiger partial charge < -0.3 is 24.6 Å². The van der Waals surface area contributed by atoms with Gasteiger partial charge in [-0.15, -0.1) is 0 Å². The van der Waals surface area contributed by atoms with Crippen LogP contribution < -0.4 is 5.32 Å². The van der Waals surface area contributed by atoms with Gasteiger partial charge in [0.15, 0.2) is 0 Å². The molecule has 5 fully saturated rings. The van der Waals surface area contributed by atoms with Crippen LogP contribution in [-0.4, -0.2) is 103 Å². The maximum atomic E-state index is 12.7. The zero-order valence-electron chi connectivity index (χ0n) is 19.3. The van der Waals surface area contributed by atoms with Crippen LogP contribution in [0.1, 0.15) is 51.4 Å². The number of nitrogens with one attached hydrogen (secondary N) is 1. The highest BCUT2D eigenvalue weighted by atomic mass is 16.6. The van der Waals surface area contributed by atoms with E-state index >= 15 is 0 Å². The molecule has 2 amide bonds. The molecule has 1 atom stereocenters. The lowest BCUT2D eigenvalue weighted by molar-refractivity contribution is -0.131. The van der Waals surface area contributed by atoms with Crippen LogP contribution in [0.25, 0.3) is 0 Å². The topological polar surface area (TPSA) is 98.1 Å². The molecule has 1 N–H and O–H groups in total. The summed E-state index contributed by atoms with van der Waals surface area (Å²) in [6.45, 7) is 4.98. The molecule has 5 rings (SSSR count). The Hall–Kier alpha value is -1.89. The number of nitriles is 1. The van der Waals surface area contributed by atoms with Crippen molar-refractivity contribution in [3.05, 3.63) is 0 Å². The summed E-state index contributed by atoms with van der Waals surface area (Å²) < 4.78 is 10.2. The van der Waals surface area contributed by atoms with Crippen molar-refractivity contribution in [2.45, 2.75) is 68.5 Å². The third kappa shape index (κ3) is 4.73. The van der Waals surface area contributed by atoms with Gasteiger partial charge >= 0.3 is 6.09 Å². The number of fused-ring (bicyclic) bond motifs is 3. The second-order valence-corrected chi connectivity index (χ2v) is 9.81. The number of hydrogen-bond acceptors (Lipinski definition) is 7. The third-order valence-corrected chi connectivity index (χ3v) is 8.27. The van der Waals surface area contributed by atoms with Crippen LogP contribution in [0.15, 0.2) is 0 Å². The van der Waals surface area contributed by atoms with Crippen molar-refractivity contribution in [1.82, 2.24) is 20.0 Å². The molecule has 178 valence electrons. The van der Waals surface area contributed by atoms with Crippen LogP contribution in [0.5, 0.6) is 0 Å². The van der Waals surface area contributed by atoms with Gasteiger partial charge in [-0.3, -0.25) is 9.69 Å². The van der Waals surface area contributed by atoms with Crippen LogP contribution in [0.4, 0.5) is 4.79 Å². The second-order valence-electron chi connectivity index (χ2n) is 9.81. The number of amides is 2. The summed E-state index contributed by atoms with van der Waals surface area (Å²) in [7, 11) is 1.60. The number of nitrogens with zero attached hydrogens (tertiary/aromatic N) is 4. The summed E-state index contributed by atoms with van der Waals surface area (Å²) in [4.78, 5) is 31.0. The first-order valence-electron chi connectivity index (χ1n) is 12.1. The van der Waals surface area contributed by atoms with Crippen LogP contribution in [0.3, 0.4) is 0 Å². The molecule has 3 saturated carbocycles. The Kier molecular flexibility index (Phi) is 7.23. The average molecular weight is 448 g/mol. The molecule has 32 heavy (non-hydrogen) atoms. The lowest BCUT2D eigenvalue weighted by Crippen LogP contribution is -2.66. The van der Waals surface area contributed by atoms with Crippen molar-refractivity contribution in [1.29, 1.82) is 5.26 Å². The molecule has 9 nitrogen and oxygen atoms in total. The van der Waals surface area contributed by atoms with E-state index in [0.29, 0.717) is 39.4 Å². The number of carbonyl (C=O) groups excluding carboxylic acids is 2. The van der Waals surface area contributed by atoms with Gasteiger partial charge in [0.2, 0.25) is 5.91 Å². The van der Waals surface area contributed by atoms with E-state index in [4.69, 9.17) is 9.47 Å². The number of carbonyl (C=O) groups is 2. The fourth-order valence-electron chi connectivity index (χ4n) is 6.14. The van der Waals surface area contributed by atoms with Gasteiger partial charge in [-0.25, -0.2) is 4.79 Å². The van der Waals surface area contributed by atoms with E-state index in [1.165, 1.54) is 0 Å². The van der Waals surface area contributed by atoms with E-state index in [9.17, 15) is 14.9 Å². The fraction of sp³-hybridized carbons (Fsp3) is 0.870. The molecule has 0 aromatic heterocycles. The Morgan fingerprint density at radius 3 is 2.34 bits per heavy atom. The summed E-state index contributed by atoms with van der Waals surface area (Å²) in [5.74, 6) is 0.0688. The Bertz CT molecular complexity index is 706. The molecule has 2 aliphatic heterocycles. The van der Waals surface area contributed by atoms with Gasteiger partial charge in [-0.2, -0.15) is 5.26 Å². The Morgan fingerprint density at radius 1 is 1.03 bits per heavy atom. The van der Waals surface area contributed by atoms with Gasteiger partial charge in [0.05, 0.1) is 19.2 Å². The molecule has 2 saturated heterocycles. The minimum absolute atomic E-state index is 0.0618. The molecule has 0 spiro atoms. The van der Waals surface area contributed by atoms with Crippen molar-refractivity contribution in [2.75, 3.05) is 59.6 Å². The van der Waals surface area contributed by atoms with Crippen LogP contribution >= 0.6 is 0 Å². The molecule has 0 aromatic rings. The minimum Gasteiger partial charge on any atom is -0.447 e. The van der Waals surface area contributed by atoms with E-state index in [2.05, 4.69) is 16.3 Å². The van der Waals surface area contributed by atoms with E-state index < -0.39 is 0 Å². The minimum atomic E-state index is -0.247. The zero-order chi connectivity index (χ0) is 22.6. The number of hydrogen-bond donors (Lipinski definition) is 1. The summed E-state index contributed by atoms with van der Waals surface area (Å²) in [5.41, 5.74) is 0.298. The average Bonchev–Trinajstić information content (AvgIpc) is 3.33. The lowest BCUT2D eigenvalue weighted by atomic mass is 9.60. The van der Waals surface area contributed by atoms with Crippen LogP contribution in [-0.2, 0) is 14.3 Å². The molecule has 9 heteroatoms. The lowest BCUT2D eigenvalue weighted by Gasteiger charge is -2.59. The molecule has 5 aliphatic rings. The molecule has 2 bridgehead atoms. The van der Waals surface area contributed by atoms with Crippen molar-refractivity contribution < 1.29 is 19.1 Å². The normalized spacial score (nSPS) is 32.7. The van der Waals surface area contributed by atoms with E-state index in [1.807, 2.05) is 0 Å². The second kappa shape index (κ2) is 9.94. The number of methoxy groups -OCH3 is 1. The van der Waals surface area contributed by atoms with Gasteiger partial charge in [0.1, 0.15) is 12.6 Å². The predicted octanol–water partition coefficient (Wildman–Crippen LogP) is 1.34. The molecule has 2 heterocycles. The standard InChI is InChI=1S/C23H37N5O4/c1-31-15-16-32-21(30)26-11-13-27(14-12-26)23-7-4-22(5-8-23,6-9-23)25-18-20(29)28-10-2-3-19(28)17-24/h19,25H,2-16,18H2,1H3/t19-,22?,23?/m0/s1. The Balaban J connectivity index is 1.23. The summed E-state index contributed by atoms with van der Waals surface area (Å²) in [6, 6.07) is 2.01. The third-order valence-electron chi connectivity index (χ3n) is 8.27. The molecule has 3 aliphatic carbocycles. The van der Waals surface area contributed by atoms with Gasteiger partial charge in [-0.05, 0) is 51.4 Å². The Morgan fingerprint density at radius 2 is 1.72 bits per heavy atom. The van der Waals surface area contributed by atoms with Crippen molar-refractivity contribution >= 4 is 12.0 Å². The van der Waals surface area contributed by atoms with E-state index in [-0.39, 0.29) is 29.1 Å². The summed E-state index contributed by atoms with van der Waals surface area (Å²) in [5, 5.41) is 12.9. The molecular formula is C23H37N5O4. The van der Waals surface area contributed by atoms with Gasteiger partial charge in [0, 0.05) is 50.9 Å².